The normalized spacial score (nSPS) is 18.6. The van der Waals surface area contributed by atoms with Gasteiger partial charge in [0.2, 0.25) is 6.79 Å². The third-order valence-corrected chi connectivity index (χ3v) is 8.22. The number of carbonyl (C=O) groups excluding carboxylic acids is 1. The number of aromatic nitrogens is 1. The third-order valence-electron chi connectivity index (χ3n) is 7.24. The molecular formula is C29H29N3O5S. The van der Waals surface area contributed by atoms with E-state index in [4.69, 9.17) is 14.2 Å². The molecule has 2 aromatic carbocycles. The lowest BCUT2D eigenvalue weighted by molar-refractivity contribution is -0.139. The Balaban J connectivity index is 1.48. The number of nitrogens with zero attached hydrogens (tertiary/aromatic N) is 3. The quantitative estimate of drug-likeness (QED) is 0.469. The van der Waals surface area contributed by atoms with Crippen molar-refractivity contribution in [1.82, 2.24) is 4.57 Å². The van der Waals surface area contributed by atoms with Gasteiger partial charge in [0.25, 0.3) is 5.56 Å². The van der Waals surface area contributed by atoms with E-state index in [1.54, 1.807) is 24.5 Å². The van der Waals surface area contributed by atoms with Crippen LogP contribution in [0.3, 0.4) is 0 Å². The highest BCUT2D eigenvalue weighted by Crippen LogP contribution is 2.38. The average molecular weight is 532 g/mol. The molecule has 1 aromatic heterocycles. The van der Waals surface area contributed by atoms with E-state index in [0.29, 0.717) is 32.1 Å². The number of rotatable bonds is 5. The van der Waals surface area contributed by atoms with Crippen molar-refractivity contribution >= 4 is 29.1 Å². The van der Waals surface area contributed by atoms with Crippen LogP contribution in [0.2, 0.25) is 0 Å². The zero-order chi connectivity index (χ0) is 26.4. The van der Waals surface area contributed by atoms with E-state index in [-0.39, 0.29) is 19.0 Å². The van der Waals surface area contributed by atoms with Gasteiger partial charge in [-0.05, 0) is 80.6 Å². The molecule has 1 saturated heterocycles. The van der Waals surface area contributed by atoms with Crippen molar-refractivity contribution in [2.24, 2.45) is 4.99 Å². The van der Waals surface area contributed by atoms with Crippen molar-refractivity contribution in [1.29, 1.82) is 0 Å². The first-order valence-electron chi connectivity index (χ1n) is 12.9. The molecule has 0 amide bonds. The van der Waals surface area contributed by atoms with Crippen molar-refractivity contribution in [3.8, 4) is 11.5 Å². The Hall–Kier alpha value is -3.85. The van der Waals surface area contributed by atoms with Gasteiger partial charge in [-0.15, -0.1) is 0 Å². The summed E-state index contributed by atoms with van der Waals surface area (Å²) in [6.45, 7) is 8.14. The lowest BCUT2D eigenvalue weighted by atomic mass is 9.95. The highest BCUT2D eigenvalue weighted by Gasteiger charge is 2.34. The Morgan fingerprint density at radius 1 is 1.13 bits per heavy atom. The van der Waals surface area contributed by atoms with Gasteiger partial charge in [0.05, 0.1) is 28.5 Å². The van der Waals surface area contributed by atoms with E-state index in [9.17, 15) is 9.59 Å². The van der Waals surface area contributed by atoms with Gasteiger partial charge in [-0.3, -0.25) is 9.36 Å². The van der Waals surface area contributed by atoms with Crippen LogP contribution in [0, 0.1) is 6.92 Å². The fourth-order valence-corrected chi connectivity index (χ4v) is 6.36. The molecule has 38 heavy (non-hydrogen) atoms. The van der Waals surface area contributed by atoms with Crippen molar-refractivity contribution in [3.63, 3.8) is 0 Å². The van der Waals surface area contributed by atoms with Gasteiger partial charge in [0.1, 0.15) is 0 Å². The van der Waals surface area contributed by atoms with Crippen LogP contribution in [-0.4, -0.2) is 37.0 Å². The zero-order valence-electron chi connectivity index (χ0n) is 21.7. The third kappa shape index (κ3) is 4.20. The molecule has 4 heterocycles. The molecule has 3 aliphatic rings. The molecule has 196 valence electrons. The Labute approximate surface area is 224 Å². The predicted octanol–water partition coefficient (Wildman–Crippen LogP) is 3.44. The lowest BCUT2D eigenvalue weighted by Crippen LogP contribution is -2.39. The van der Waals surface area contributed by atoms with Gasteiger partial charge >= 0.3 is 5.97 Å². The molecule has 8 nitrogen and oxygen atoms in total. The van der Waals surface area contributed by atoms with Crippen LogP contribution in [0.4, 0.5) is 5.69 Å². The smallest absolute Gasteiger partial charge is 0.338 e. The highest BCUT2D eigenvalue weighted by molar-refractivity contribution is 7.07. The van der Waals surface area contributed by atoms with E-state index in [2.05, 4.69) is 35.0 Å². The summed E-state index contributed by atoms with van der Waals surface area (Å²) in [6.07, 6.45) is 4.37. The van der Waals surface area contributed by atoms with Gasteiger partial charge < -0.3 is 19.1 Å². The van der Waals surface area contributed by atoms with Crippen molar-refractivity contribution in [2.45, 2.75) is 39.7 Å². The predicted molar refractivity (Wildman–Crippen MR) is 146 cm³/mol. The molecule has 0 saturated carbocycles. The summed E-state index contributed by atoms with van der Waals surface area (Å²) in [5, 5.41) is 0. The molecule has 1 atom stereocenters. The SMILES string of the molecule is CCOC(=O)C1=C(C)N=c2s/c(=C/c3ccc(N4CCCC4)cc3C)c(=O)n2[C@@H]1c1ccc2c(c1)OCO2. The first-order valence-corrected chi connectivity index (χ1v) is 13.7. The molecule has 0 aliphatic carbocycles. The minimum atomic E-state index is -0.694. The lowest BCUT2D eigenvalue weighted by Gasteiger charge is -2.24. The number of fused-ring (bicyclic) bond motifs is 2. The van der Waals surface area contributed by atoms with Crippen LogP contribution in [0.5, 0.6) is 11.5 Å². The summed E-state index contributed by atoms with van der Waals surface area (Å²) in [5.41, 5.74) is 4.71. The van der Waals surface area contributed by atoms with Gasteiger partial charge in [0, 0.05) is 18.8 Å². The summed E-state index contributed by atoms with van der Waals surface area (Å²) >= 11 is 1.33. The summed E-state index contributed by atoms with van der Waals surface area (Å²) in [5.74, 6) is 0.725. The molecule has 0 bridgehead atoms. The summed E-state index contributed by atoms with van der Waals surface area (Å²) in [4.78, 5) is 34.6. The van der Waals surface area contributed by atoms with E-state index in [1.165, 1.54) is 29.9 Å². The average Bonchev–Trinajstić information content (AvgIpc) is 3.65. The van der Waals surface area contributed by atoms with Crippen molar-refractivity contribution < 1.29 is 19.0 Å². The number of anilines is 1. The number of esters is 1. The van der Waals surface area contributed by atoms with Crippen LogP contribution in [0.15, 0.2) is 57.5 Å². The number of thiazole rings is 1. The maximum Gasteiger partial charge on any atom is 0.338 e. The molecular weight excluding hydrogens is 502 g/mol. The first kappa shape index (κ1) is 24.5. The van der Waals surface area contributed by atoms with Crippen LogP contribution in [0.1, 0.15) is 49.4 Å². The van der Waals surface area contributed by atoms with Gasteiger partial charge in [-0.1, -0.05) is 23.5 Å². The summed E-state index contributed by atoms with van der Waals surface area (Å²) in [7, 11) is 0. The van der Waals surface area contributed by atoms with Gasteiger partial charge in [-0.2, -0.15) is 0 Å². The fourth-order valence-electron chi connectivity index (χ4n) is 5.33. The highest BCUT2D eigenvalue weighted by atomic mass is 32.1. The standard InChI is InChI=1S/C29H29N3O5S/c1-4-35-28(34)25-18(3)30-29-32(26(25)20-8-10-22-23(14-20)37-16-36-22)27(33)24(38-29)15-19-7-9-21(13-17(19)2)31-11-5-6-12-31/h7-10,13-15,26H,4-6,11-12,16H2,1-3H3/b24-15+/t26-/m1/s1. The Kier molecular flexibility index (Phi) is 6.31. The molecule has 0 radical (unpaired) electrons. The number of allylic oxidation sites excluding steroid dienone is 1. The van der Waals surface area contributed by atoms with Crippen LogP contribution in [-0.2, 0) is 9.53 Å². The molecule has 1 fully saturated rings. The second kappa shape index (κ2) is 9.79. The molecule has 3 aromatic rings. The van der Waals surface area contributed by atoms with Gasteiger partial charge in [-0.25, -0.2) is 9.79 Å². The molecule has 9 heteroatoms. The number of hydrogen-bond acceptors (Lipinski definition) is 8. The summed E-state index contributed by atoms with van der Waals surface area (Å²) < 4.78 is 18.6. The Morgan fingerprint density at radius 2 is 1.92 bits per heavy atom. The topological polar surface area (TPSA) is 82.4 Å². The van der Waals surface area contributed by atoms with Crippen LogP contribution >= 0.6 is 11.3 Å². The minimum Gasteiger partial charge on any atom is -0.463 e. The maximum absolute atomic E-state index is 13.9. The number of carbonyl (C=O) groups is 1. The van der Waals surface area contributed by atoms with Crippen LogP contribution in [0.25, 0.3) is 6.08 Å². The number of aryl methyl sites for hydroxylation is 1. The van der Waals surface area contributed by atoms with E-state index < -0.39 is 12.0 Å². The Morgan fingerprint density at radius 3 is 2.68 bits per heavy atom. The molecule has 0 unspecified atom stereocenters. The van der Waals surface area contributed by atoms with Crippen LogP contribution < -0.4 is 29.3 Å². The molecule has 6 rings (SSSR count). The first-order chi connectivity index (χ1) is 18.4. The second-order valence-electron chi connectivity index (χ2n) is 9.65. The number of ether oxygens (including phenoxy) is 3. The fraction of sp³-hybridized carbons (Fsp3) is 0.345. The van der Waals surface area contributed by atoms with E-state index >= 15 is 0 Å². The maximum atomic E-state index is 13.9. The second-order valence-corrected chi connectivity index (χ2v) is 10.7. The molecule has 0 N–H and O–H groups in total. The van der Waals surface area contributed by atoms with Gasteiger partial charge in [0.15, 0.2) is 16.3 Å². The van der Waals surface area contributed by atoms with Crippen molar-refractivity contribution in [3.05, 3.63) is 84.0 Å². The summed E-state index contributed by atoms with van der Waals surface area (Å²) in [6, 6.07) is 11.2. The number of benzene rings is 2. The van der Waals surface area contributed by atoms with E-state index in [0.717, 1.165) is 29.8 Å². The minimum absolute atomic E-state index is 0.136. The monoisotopic (exact) mass is 531 g/mol. The Bertz CT molecular complexity index is 1650. The molecule has 0 spiro atoms. The van der Waals surface area contributed by atoms with Crippen molar-refractivity contribution in [2.75, 3.05) is 31.4 Å². The zero-order valence-corrected chi connectivity index (χ0v) is 22.5. The molecule has 3 aliphatic heterocycles. The number of hydrogen-bond donors (Lipinski definition) is 0. The largest absolute Gasteiger partial charge is 0.463 e. The van der Waals surface area contributed by atoms with E-state index in [1.807, 2.05) is 18.2 Å².